The first kappa shape index (κ1) is 12.5. The molecule has 0 aromatic heterocycles. The lowest BCUT2D eigenvalue weighted by Gasteiger charge is -2.10. The number of nitrogens with zero attached hydrogens (tertiary/aromatic N) is 1. The topological polar surface area (TPSA) is 45.0 Å². The van der Waals surface area contributed by atoms with Crippen LogP contribution in [0.5, 0.6) is 5.75 Å². The van der Waals surface area contributed by atoms with Crippen molar-refractivity contribution in [3.05, 3.63) is 29.6 Å². The molecule has 0 saturated heterocycles. The second kappa shape index (κ2) is 6.09. The Morgan fingerprint density at radius 2 is 2.31 bits per heavy atom. The molecule has 0 aliphatic rings. The van der Waals surface area contributed by atoms with Crippen molar-refractivity contribution in [3.63, 3.8) is 0 Å². The first-order valence-electron chi connectivity index (χ1n) is 5.12. The van der Waals surface area contributed by atoms with E-state index in [1.54, 1.807) is 20.1 Å². The average Bonchev–Trinajstić information content (AvgIpc) is 2.29. The summed E-state index contributed by atoms with van der Waals surface area (Å²) in [6.45, 7) is 2.40. The molecule has 1 atom stereocenters. The molecular formula is C12H15FN2O. The van der Waals surface area contributed by atoms with E-state index in [0.717, 1.165) is 5.56 Å². The molecule has 0 fully saturated rings. The highest BCUT2D eigenvalue weighted by Crippen LogP contribution is 2.19. The monoisotopic (exact) mass is 222 g/mol. The number of rotatable bonds is 5. The Morgan fingerprint density at radius 3 is 2.94 bits per heavy atom. The summed E-state index contributed by atoms with van der Waals surface area (Å²) >= 11 is 0. The van der Waals surface area contributed by atoms with Gasteiger partial charge in [0.05, 0.1) is 19.2 Å². The number of nitriles is 1. The third-order valence-electron chi connectivity index (χ3n) is 2.28. The summed E-state index contributed by atoms with van der Waals surface area (Å²) in [6.07, 6.45) is 0.632. The summed E-state index contributed by atoms with van der Waals surface area (Å²) in [7, 11) is 1.56. The molecule has 1 aromatic rings. The van der Waals surface area contributed by atoms with Crippen LogP contribution in [-0.2, 0) is 6.42 Å². The molecule has 16 heavy (non-hydrogen) atoms. The maximum atomic E-state index is 13.0. The van der Waals surface area contributed by atoms with E-state index in [9.17, 15) is 4.39 Å². The van der Waals surface area contributed by atoms with Crippen molar-refractivity contribution >= 4 is 0 Å². The van der Waals surface area contributed by atoms with Crippen LogP contribution in [0.3, 0.4) is 0 Å². The van der Waals surface area contributed by atoms with Gasteiger partial charge in [0.2, 0.25) is 0 Å². The molecule has 86 valence electrons. The van der Waals surface area contributed by atoms with E-state index >= 15 is 0 Å². The molecule has 0 spiro atoms. The molecule has 1 aromatic carbocycles. The van der Waals surface area contributed by atoms with E-state index in [1.165, 1.54) is 12.1 Å². The van der Waals surface area contributed by atoms with Crippen LogP contribution in [0.15, 0.2) is 18.2 Å². The maximum Gasteiger partial charge on any atom is 0.123 e. The number of ether oxygens (including phenoxy) is 1. The Morgan fingerprint density at radius 1 is 1.56 bits per heavy atom. The normalized spacial score (nSPS) is 11.9. The van der Waals surface area contributed by atoms with Crippen LogP contribution < -0.4 is 10.1 Å². The van der Waals surface area contributed by atoms with E-state index in [-0.39, 0.29) is 11.9 Å². The van der Waals surface area contributed by atoms with Gasteiger partial charge < -0.3 is 10.1 Å². The van der Waals surface area contributed by atoms with Crippen molar-refractivity contribution in [2.45, 2.75) is 19.4 Å². The molecular weight excluding hydrogens is 207 g/mol. The van der Waals surface area contributed by atoms with E-state index in [1.807, 2.05) is 0 Å². The zero-order valence-corrected chi connectivity index (χ0v) is 9.46. The highest BCUT2D eigenvalue weighted by Gasteiger charge is 2.05. The Kier molecular flexibility index (Phi) is 4.74. The van der Waals surface area contributed by atoms with E-state index < -0.39 is 0 Å². The van der Waals surface area contributed by atoms with Gasteiger partial charge in [-0.2, -0.15) is 5.26 Å². The second-order valence-corrected chi connectivity index (χ2v) is 3.51. The molecule has 1 rings (SSSR count). The number of nitrogens with one attached hydrogen (secondary N) is 1. The predicted molar refractivity (Wildman–Crippen MR) is 59.7 cm³/mol. The fourth-order valence-electron chi connectivity index (χ4n) is 1.41. The Hall–Kier alpha value is -1.60. The molecule has 0 radical (unpaired) electrons. The largest absolute Gasteiger partial charge is 0.496 e. The summed E-state index contributed by atoms with van der Waals surface area (Å²) in [6, 6.07) is 6.31. The van der Waals surface area contributed by atoms with Crippen LogP contribution in [0, 0.1) is 17.1 Å². The third-order valence-corrected chi connectivity index (χ3v) is 2.28. The van der Waals surface area contributed by atoms with Gasteiger partial charge in [-0.1, -0.05) is 0 Å². The maximum absolute atomic E-state index is 13.0. The van der Waals surface area contributed by atoms with Gasteiger partial charge in [0.25, 0.3) is 0 Å². The molecule has 4 heteroatoms. The molecule has 0 saturated carbocycles. The third kappa shape index (κ3) is 3.52. The van der Waals surface area contributed by atoms with Gasteiger partial charge in [0, 0.05) is 6.54 Å². The van der Waals surface area contributed by atoms with Gasteiger partial charge in [-0.15, -0.1) is 0 Å². The highest BCUT2D eigenvalue weighted by atomic mass is 19.1. The van der Waals surface area contributed by atoms with E-state index in [4.69, 9.17) is 10.00 Å². The lowest BCUT2D eigenvalue weighted by molar-refractivity contribution is 0.407. The van der Waals surface area contributed by atoms with E-state index in [0.29, 0.717) is 18.7 Å². The van der Waals surface area contributed by atoms with Crippen LogP contribution in [-0.4, -0.2) is 19.7 Å². The minimum absolute atomic E-state index is 0.195. The first-order chi connectivity index (χ1) is 7.67. The minimum atomic E-state index is -0.274. The fraction of sp³-hybridized carbons (Fsp3) is 0.417. The van der Waals surface area contributed by atoms with Crippen molar-refractivity contribution in [2.75, 3.05) is 13.7 Å². The second-order valence-electron chi connectivity index (χ2n) is 3.51. The summed E-state index contributed by atoms with van der Waals surface area (Å²) in [4.78, 5) is 0. The number of methoxy groups -OCH3 is 1. The molecule has 1 unspecified atom stereocenters. The predicted octanol–water partition coefficient (Wildman–Crippen LogP) is 1.88. The SMILES string of the molecule is COc1ccc(F)cc1CCNC(C)C#N. The van der Waals surface area contributed by atoms with Crippen molar-refractivity contribution < 1.29 is 9.13 Å². The van der Waals surface area contributed by atoms with Crippen LogP contribution in [0.2, 0.25) is 0 Å². The Balaban J connectivity index is 2.59. The summed E-state index contributed by atoms with van der Waals surface area (Å²) in [5.74, 6) is 0.400. The fourth-order valence-corrected chi connectivity index (χ4v) is 1.41. The zero-order chi connectivity index (χ0) is 12.0. The molecule has 0 aliphatic heterocycles. The van der Waals surface area contributed by atoms with Gasteiger partial charge in [-0.25, -0.2) is 4.39 Å². The number of hydrogen-bond acceptors (Lipinski definition) is 3. The van der Waals surface area contributed by atoms with Crippen LogP contribution in [0.4, 0.5) is 4.39 Å². The van der Waals surface area contributed by atoms with Gasteiger partial charge >= 0.3 is 0 Å². The van der Waals surface area contributed by atoms with Crippen molar-refractivity contribution in [1.82, 2.24) is 5.32 Å². The van der Waals surface area contributed by atoms with Gasteiger partial charge in [0.1, 0.15) is 11.6 Å². The van der Waals surface area contributed by atoms with Crippen molar-refractivity contribution in [1.29, 1.82) is 5.26 Å². The van der Waals surface area contributed by atoms with Crippen LogP contribution in [0.25, 0.3) is 0 Å². The summed E-state index contributed by atoms with van der Waals surface area (Å²) in [5, 5.41) is 11.6. The lowest BCUT2D eigenvalue weighted by atomic mass is 10.1. The number of halogens is 1. The summed E-state index contributed by atoms with van der Waals surface area (Å²) < 4.78 is 18.1. The van der Waals surface area contributed by atoms with Gasteiger partial charge in [0.15, 0.2) is 0 Å². The van der Waals surface area contributed by atoms with Crippen LogP contribution >= 0.6 is 0 Å². The van der Waals surface area contributed by atoms with Gasteiger partial charge in [-0.3, -0.25) is 0 Å². The smallest absolute Gasteiger partial charge is 0.123 e. The molecule has 0 bridgehead atoms. The molecule has 0 heterocycles. The Bertz CT molecular complexity index is 387. The highest BCUT2D eigenvalue weighted by molar-refractivity contribution is 5.34. The first-order valence-corrected chi connectivity index (χ1v) is 5.12. The Labute approximate surface area is 94.8 Å². The summed E-state index contributed by atoms with van der Waals surface area (Å²) in [5.41, 5.74) is 0.806. The molecule has 3 nitrogen and oxygen atoms in total. The number of benzene rings is 1. The van der Waals surface area contributed by atoms with E-state index in [2.05, 4.69) is 11.4 Å². The average molecular weight is 222 g/mol. The quantitative estimate of drug-likeness (QED) is 0.827. The molecule has 1 N–H and O–H groups in total. The standard InChI is InChI=1S/C12H15FN2O/c1-9(8-14)15-6-5-10-7-11(13)3-4-12(10)16-2/h3-4,7,9,15H,5-6H2,1-2H3. The van der Waals surface area contributed by atoms with Crippen molar-refractivity contribution in [3.8, 4) is 11.8 Å². The lowest BCUT2D eigenvalue weighted by Crippen LogP contribution is -2.26. The van der Waals surface area contributed by atoms with Crippen LogP contribution in [0.1, 0.15) is 12.5 Å². The minimum Gasteiger partial charge on any atom is -0.496 e. The molecule has 0 aliphatic carbocycles. The molecule has 0 amide bonds. The van der Waals surface area contributed by atoms with Crippen molar-refractivity contribution in [2.24, 2.45) is 0 Å². The number of hydrogen-bond donors (Lipinski definition) is 1. The zero-order valence-electron chi connectivity index (χ0n) is 9.46. The van der Waals surface area contributed by atoms with Gasteiger partial charge in [-0.05, 0) is 37.1 Å².